The molecule has 1 saturated heterocycles. The van der Waals surface area contributed by atoms with Crippen molar-refractivity contribution in [3.8, 4) is 5.75 Å². The van der Waals surface area contributed by atoms with Gasteiger partial charge in [-0.3, -0.25) is 9.59 Å². The molecule has 0 spiro atoms. The first-order chi connectivity index (χ1) is 15.0. The molecule has 3 rings (SSSR count). The molecule has 2 aromatic carbocycles. The van der Waals surface area contributed by atoms with E-state index < -0.39 is 0 Å². The molecule has 1 fully saturated rings. The molecule has 6 nitrogen and oxygen atoms in total. The number of anilines is 1. The van der Waals surface area contributed by atoms with E-state index in [-0.39, 0.29) is 18.2 Å². The van der Waals surface area contributed by atoms with Crippen LogP contribution < -0.4 is 15.0 Å². The Morgan fingerprint density at radius 3 is 2.65 bits per heavy atom. The van der Waals surface area contributed by atoms with Crippen LogP contribution in [-0.4, -0.2) is 49.0 Å². The predicted molar refractivity (Wildman–Crippen MR) is 123 cm³/mol. The number of hydrogen-bond donors (Lipinski definition) is 1. The minimum Gasteiger partial charge on any atom is -0.486 e. The van der Waals surface area contributed by atoms with E-state index in [9.17, 15) is 9.59 Å². The highest BCUT2D eigenvalue weighted by atomic mass is 16.5. The number of ether oxygens (including phenoxy) is 1. The number of nitrogens with zero attached hydrogens (tertiary/aromatic N) is 2. The molecule has 2 aromatic rings. The van der Waals surface area contributed by atoms with Gasteiger partial charge in [0.1, 0.15) is 11.9 Å². The second-order valence-corrected chi connectivity index (χ2v) is 8.29. The summed E-state index contributed by atoms with van der Waals surface area (Å²) in [5.41, 5.74) is 3.32. The summed E-state index contributed by atoms with van der Waals surface area (Å²) < 4.78 is 6.34. The number of amides is 2. The summed E-state index contributed by atoms with van der Waals surface area (Å²) in [4.78, 5) is 26.9. The second-order valence-electron chi connectivity index (χ2n) is 8.29. The largest absolute Gasteiger partial charge is 0.486 e. The number of aryl methyl sites for hydroxylation is 1. The number of carbonyl (C=O) groups is 2. The zero-order valence-electron chi connectivity index (χ0n) is 18.7. The van der Waals surface area contributed by atoms with Gasteiger partial charge in [0.2, 0.25) is 12.8 Å². The molecule has 0 saturated carbocycles. The van der Waals surface area contributed by atoms with E-state index in [1.807, 2.05) is 41.3 Å². The van der Waals surface area contributed by atoms with Gasteiger partial charge in [0.15, 0.2) is 0 Å². The highest BCUT2D eigenvalue weighted by molar-refractivity contribution is 5.52. The highest BCUT2D eigenvalue weighted by Gasteiger charge is 2.34. The van der Waals surface area contributed by atoms with Gasteiger partial charge >= 0.3 is 0 Å². The molecule has 0 bridgehead atoms. The second kappa shape index (κ2) is 10.8. The first-order valence-electron chi connectivity index (χ1n) is 11.0. The van der Waals surface area contributed by atoms with Crippen LogP contribution in [0.15, 0.2) is 48.5 Å². The van der Waals surface area contributed by atoms with E-state index in [0.29, 0.717) is 19.6 Å². The lowest BCUT2D eigenvalue weighted by molar-refractivity contribution is -0.120. The lowest BCUT2D eigenvalue weighted by atomic mass is 10.1. The molecule has 0 aromatic heterocycles. The summed E-state index contributed by atoms with van der Waals surface area (Å²) in [6.07, 6.45) is 3.53. The van der Waals surface area contributed by atoms with Crippen LogP contribution in [0.4, 0.5) is 5.69 Å². The summed E-state index contributed by atoms with van der Waals surface area (Å²) in [6, 6.07) is 16.3. The summed E-state index contributed by atoms with van der Waals surface area (Å²) in [6.45, 7) is 8.20. The van der Waals surface area contributed by atoms with E-state index >= 15 is 0 Å². The Hall–Kier alpha value is -3.02. The smallest absolute Gasteiger partial charge is 0.210 e. The number of nitrogens with one attached hydrogen (secondary N) is 1. The van der Waals surface area contributed by atoms with Gasteiger partial charge in [0.05, 0.1) is 12.6 Å². The molecule has 6 heteroatoms. The number of para-hydroxylation sites is 1. The fourth-order valence-electron chi connectivity index (χ4n) is 4.13. The molecule has 0 aliphatic carbocycles. The van der Waals surface area contributed by atoms with Crippen LogP contribution >= 0.6 is 0 Å². The molecule has 2 amide bonds. The van der Waals surface area contributed by atoms with Gasteiger partial charge in [-0.15, -0.1) is 0 Å². The molecule has 3 atom stereocenters. The normalized spacial score (nSPS) is 19.0. The summed E-state index contributed by atoms with van der Waals surface area (Å²) in [7, 11) is 0. The summed E-state index contributed by atoms with van der Waals surface area (Å²) >= 11 is 0. The van der Waals surface area contributed by atoms with E-state index in [1.54, 1.807) is 0 Å². The van der Waals surface area contributed by atoms with Gasteiger partial charge in [-0.05, 0) is 55.7 Å². The first-order valence-corrected chi connectivity index (χ1v) is 11.0. The van der Waals surface area contributed by atoms with Crippen molar-refractivity contribution in [2.45, 2.75) is 58.3 Å². The topological polar surface area (TPSA) is 61.9 Å². The first kappa shape index (κ1) is 22.7. The maximum atomic E-state index is 11.6. The monoisotopic (exact) mass is 423 g/mol. The van der Waals surface area contributed by atoms with Crippen molar-refractivity contribution in [3.05, 3.63) is 59.7 Å². The van der Waals surface area contributed by atoms with Gasteiger partial charge in [0, 0.05) is 24.8 Å². The summed E-state index contributed by atoms with van der Waals surface area (Å²) in [5, 5.41) is 2.91. The third-order valence-corrected chi connectivity index (χ3v) is 6.04. The molecule has 0 radical (unpaired) electrons. The number of carbonyl (C=O) groups excluding carboxylic acids is 2. The van der Waals surface area contributed by atoms with Gasteiger partial charge in [-0.25, -0.2) is 0 Å². The molecule has 1 aliphatic rings. The molecular weight excluding hydrogens is 390 g/mol. The van der Waals surface area contributed by atoms with Crippen molar-refractivity contribution < 1.29 is 14.3 Å². The molecule has 2 unspecified atom stereocenters. The van der Waals surface area contributed by atoms with Crippen molar-refractivity contribution >= 4 is 18.5 Å². The quantitative estimate of drug-likeness (QED) is 0.562. The Kier molecular flexibility index (Phi) is 7.93. The van der Waals surface area contributed by atoms with Crippen LogP contribution in [0.25, 0.3) is 0 Å². The standard InChI is InChI=1S/C25H33N3O3/c1-4-8-20(3)28(18-30)14-21-13-23(12-11-19(21)2)31-25-16-27(15-24(25)26-17-29)22-9-6-5-7-10-22/h5-7,9-13,17-18,20,24-25H,4,8,14-16H2,1-3H3,(H,26,29)/t20?,24?,25-/m0/s1. The van der Waals surface area contributed by atoms with Crippen molar-refractivity contribution in [1.29, 1.82) is 0 Å². The average Bonchev–Trinajstić information content (AvgIpc) is 3.17. The molecule has 1 heterocycles. The Bertz CT molecular complexity index is 858. The zero-order valence-corrected chi connectivity index (χ0v) is 18.7. The van der Waals surface area contributed by atoms with Crippen molar-refractivity contribution in [2.24, 2.45) is 0 Å². The Balaban J connectivity index is 1.74. The fourth-order valence-corrected chi connectivity index (χ4v) is 4.13. The SMILES string of the molecule is CCCC(C)N(C=O)Cc1cc(O[C@H]2CN(c3ccccc3)CC2NC=O)ccc1C. The number of benzene rings is 2. The number of rotatable bonds is 11. The molecule has 166 valence electrons. The molecule has 1 N–H and O–H groups in total. The minimum absolute atomic E-state index is 0.0986. The van der Waals surface area contributed by atoms with Crippen LogP contribution in [0.5, 0.6) is 5.75 Å². The van der Waals surface area contributed by atoms with Gasteiger partial charge in [-0.1, -0.05) is 37.6 Å². The average molecular weight is 424 g/mol. The molecular formula is C25H33N3O3. The maximum Gasteiger partial charge on any atom is 0.210 e. The molecule has 31 heavy (non-hydrogen) atoms. The molecule has 1 aliphatic heterocycles. The van der Waals surface area contributed by atoms with E-state index in [4.69, 9.17) is 4.74 Å². The third-order valence-electron chi connectivity index (χ3n) is 6.04. The van der Waals surface area contributed by atoms with Crippen LogP contribution in [0.1, 0.15) is 37.8 Å². The van der Waals surface area contributed by atoms with Gasteiger partial charge < -0.3 is 19.9 Å². The van der Waals surface area contributed by atoms with Crippen molar-refractivity contribution in [2.75, 3.05) is 18.0 Å². The van der Waals surface area contributed by atoms with Crippen LogP contribution in [0, 0.1) is 6.92 Å². The maximum absolute atomic E-state index is 11.6. The fraction of sp³-hybridized carbons (Fsp3) is 0.440. The van der Waals surface area contributed by atoms with E-state index in [1.165, 1.54) is 0 Å². The lowest BCUT2D eigenvalue weighted by Crippen LogP contribution is -2.41. The van der Waals surface area contributed by atoms with Gasteiger partial charge in [0.25, 0.3) is 0 Å². The van der Waals surface area contributed by atoms with Crippen LogP contribution in [-0.2, 0) is 16.1 Å². The Labute approximate surface area is 185 Å². The van der Waals surface area contributed by atoms with Gasteiger partial charge in [-0.2, -0.15) is 0 Å². The summed E-state index contributed by atoms with van der Waals surface area (Å²) in [5.74, 6) is 0.757. The van der Waals surface area contributed by atoms with Crippen LogP contribution in [0.3, 0.4) is 0 Å². The number of hydrogen-bond acceptors (Lipinski definition) is 4. The zero-order chi connectivity index (χ0) is 22.2. The van der Waals surface area contributed by atoms with E-state index in [2.05, 4.69) is 43.1 Å². The van der Waals surface area contributed by atoms with Crippen molar-refractivity contribution in [3.63, 3.8) is 0 Å². The predicted octanol–water partition coefficient (Wildman–Crippen LogP) is 3.52. The lowest BCUT2D eigenvalue weighted by Gasteiger charge is -2.26. The Morgan fingerprint density at radius 1 is 1.19 bits per heavy atom. The Morgan fingerprint density at radius 2 is 1.97 bits per heavy atom. The van der Waals surface area contributed by atoms with Crippen molar-refractivity contribution in [1.82, 2.24) is 10.2 Å². The van der Waals surface area contributed by atoms with Crippen LogP contribution in [0.2, 0.25) is 0 Å². The third kappa shape index (κ3) is 5.78. The minimum atomic E-state index is -0.165. The van der Waals surface area contributed by atoms with E-state index in [0.717, 1.165) is 48.2 Å². The highest BCUT2D eigenvalue weighted by Crippen LogP contribution is 2.26.